The maximum Gasteiger partial charge on any atom is 0.290 e. The Morgan fingerprint density at radius 1 is 1.50 bits per heavy atom. The Morgan fingerprint density at radius 2 is 2.12 bits per heavy atom. The van der Waals surface area contributed by atoms with Crippen LogP contribution in [0.3, 0.4) is 0 Å². The fourth-order valence-electron chi connectivity index (χ4n) is 2.30. The lowest BCUT2D eigenvalue weighted by molar-refractivity contribution is -0.130. The van der Waals surface area contributed by atoms with E-state index in [2.05, 4.69) is 10.2 Å². The van der Waals surface area contributed by atoms with Gasteiger partial charge in [0.1, 0.15) is 0 Å². The number of β-amino-alcohol motifs (C(OH)–C–C–N with tert-alkyl or cyclic N) is 1. The van der Waals surface area contributed by atoms with Crippen LogP contribution >= 0.6 is 0 Å². The lowest BCUT2D eigenvalue weighted by Gasteiger charge is -2.17. The molecule has 3 N–H and O–H groups in total. The highest BCUT2D eigenvalue weighted by molar-refractivity contribution is 7.89. The van der Waals surface area contributed by atoms with Crippen molar-refractivity contribution >= 4 is 22.4 Å². The van der Waals surface area contributed by atoms with Gasteiger partial charge in [0.05, 0.1) is 18.3 Å². The van der Waals surface area contributed by atoms with Crippen molar-refractivity contribution in [3.05, 3.63) is 18.0 Å². The normalized spacial score (nSPS) is 20.6. The molecule has 2 rings (SSSR count). The third-order valence-electron chi connectivity index (χ3n) is 3.64. The smallest absolute Gasteiger partial charge is 0.290 e. The number of likely N-dealkylation sites (tertiary alicyclic amines) is 1. The number of aliphatic hydroxyl groups excluding tert-OH is 1. The van der Waals surface area contributed by atoms with E-state index in [1.54, 1.807) is 12.3 Å². The van der Waals surface area contributed by atoms with Crippen LogP contribution in [0, 0.1) is 5.92 Å². The highest BCUT2D eigenvalue weighted by Gasteiger charge is 2.37. The van der Waals surface area contributed by atoms with Gasteiger partial charge in [0.15, 0.2) is 0 Å². The molecule has 0 aromatic carbocycles. The summed E-state index contributed by atoms with van der Waals surface area (Å²) in [5.41, 5.74) is 0.693. The van der Waals surface area contributed by atoms with Gasteiger partial charge < -0.3 is 15.1 Å². The minimum Gasteiger partial charge on any atom is -0.483 e. The van der Waals surface area contributed by atoms with Gasteiger partial charge in [0.25, 0.3) is 6.47 Å². The number of carbonyl (C=O) groups is 2. The molecule has 1 aromatic rings. The molecule has 1 aliphatic heterocycles. The van der Waals surface area contributed by atoms with Gasteiger partial charge in [-0.1, -0.05) is 0 Å². The molecule has 2 atom stereocenters. The highest BCUT2D eigenvalue weighted by atomic mass is 32.2. The van der Waals surface area contributed by atoms with Crippen molar-refractivity contribution in [3.63, 3.8) is 0 Å². The Labute approximate surface area is 140 Å². The average molecular weight is 362 g/mol. The second kappa shape index (κ2) is 8.76. The molecule has 1 aliphatic rings. The van der Waals surface area contributed by atoms with E-state index in [-0.39, 0.29) is 37.6 Å². The molecule has 0 unspecified atom stereocenters. The minimum atomic E-state index is -3.39. The Balaban J connectivity index is 0.000000891. The Bertz CT molecular complexity index is 631. The molecule has 0 radical (unpaired) electrons. The van der Waals surface area contributed by atoms with E-state index in [1.165, 1.54) is 19.0 Å². The summed E-state index contributed by atoms with van der Waals surface area (Å²) in [6.45, 7) is 0.168. The predicted molar refractivity (Wildman–Crippen MR) is 84.5 cm³/mol. The van der Waals surface area contributed by atoms with Gasteiger partial charge in [0.2, 0.25) is 15.9 Å². The number of aromatic amines is 1. The second-order valence-electron chi connectivity index (χ2n) is 5.55. The van der Waals surface area contributed by atoms with E-state index in [4.69, 9.17) is 9.90 Å². The molecule has 0 aliphatic carbocycles. The fraction of sp³-hybridized carbons (Fsp3) is 0.615. The number of carboxylic acid groups (broad SMARTS) is 1. The van der Waals surface area contributed by atoms with E-state index in [1.807, 2.05) is 0 Å². The predicted octanol–water partition coefficient (Wildman–Crippen LogP) is -1.64. The summed E-state index contributed by atoms with van der Waals surface area (Å²) in [6, 6.07) is 1.71. The number of aromatic nitrogens is 2. The summed E-state index contributed by atoms with van der Waals surface area (Å²) in [5, 5.41) is 23.3. The van der Waals surface area contributed by atoms with Crippen LogP contribution in [0.2, 0.25) is 0 Å². The van der Waals surface area contributed by atoms with E-state index in [0.717, 1.165) is 4.31 Å². The first-order valence-corrected chi connectivity index (χ1v) is 8.74. The number of nitrogens with zero attached hydrogens (tertiary/aromatic N) is 3. The molecule has 11 heteroatoms. The number of nitrogens with one attached hydrogen (secondary N) is 1. The molecule has 0 spiro atoms. The van der Waals surface area contributed by atoms with Crippen LogP contribution in [-0.2, 0) is 26.0 Å². The number of carbonyl (C=O) groups excluding carboxylic acids is 1. The Morgan fingerprint density at radius 3 is 2.62 bits per heavy atom. The molecule has 0 bridgehead atoms. The first-order chi connectivity index (χ1) is 11.2. The SMILES string of the molecule is CN(C)S(=O)(=O)C[C@@H]1CN(C(=O)Cc2ccn[nH]2)C[C@@H]1O.O=CO. The van der Waals surface area contributed by atoms with Gasteiger partial charge in [-0.15, -0.1) is 0 Å². The summed E-state index contributed by atoms with van der Waals surface area (Å²) < 4.78 is 24.9. The zero-order chi connectivity index (χ0) is 18.3. The van der Waals surface area contributed by atoms with Crippen molar-refractivity contribution in [2.24, 2.45) is 5.92 Å². The molecule has 136 valence electrons. The fourth-order valence-corrected chi connectivity index (χ4v) is 3.47. The molecule has 1 aromatic heterocycles. The number of aliphatic hydroxyl groups is 1. The Hall–Kier alpha value is -1.98. The molecule has 2 heterocycles. The molecule has 1 amide bonds. The zero-order valence-electron chi connectivity index (χ0n) is 13.5. The summed E-state index contributed by atoms with van der Waals surface area (Å²) in [4.78, 5) is 22.0. The van der Waals surface area contributed by atoms with Crippen LogP contribution in [-0.4, -0.2) is 89.5 Å². The molecule has 0 saturated carbocycles. The van der Waals surface area contributed by atoms with Crippen molar-refractivity contribution < 1.29 is 28.2 Å². The first kappa shape index (κ1) is 20.1. The molecule has 1 saturated heterocycles. The standard InChI is InChI=1S/C12H20N4O4S.CH2O2/c1-15(2)21(19,20)8-9-6-16(7-11(9)17)12(18)5-10-3-4-13-14-10;2-1-3/h3-4,9,11,17H,5-8H2,1-2H3,(H,13,14);1H,(H,2,3)/t9-,11-;/m0./s1. The number of rotatable bonds is 5. The van der Waals surface area contributed by atoms with Crippen LogP contribution in [0.15, 0.2) is 12.3 Å². The number of H-pyrrole nitrogens is 1. The van der Waals surface area contributed by atoms with Gasteiger partial charge in [-0.25, -0.2) is 12.7 Å². The van der Waals surface area contributed by atoms with Crippen LogP contribution in [0.5, 0.6) is 0 Å². The highest BCUT2D eigenvalue weighted by Crippen LogP contribution is 2.20. The summed E-state index contributed by atoms with van der Waals surface area (Å²) in [5.74, 6) is -0.763. The van der Waals surface area contributed by atoms with Crippen LogP contribution in [0.4, 0.5) is 0 Å². The summed E-state index contributed by atoms with van der Waals surface area (Å²) >= 11 is 0. The third-order valence-corrected chi connectivity index (χ3v) is 5.60. The first-order valence-electron chi connectivity index (χ1n) is 7.13. The van der Waals surface area contributed by atoms with E-state index in [9.17, 15) is 18.3 Å². The van der Waals surface area contributed by atoms with Crippen molar-refractivity contribution in [1.82, 2.24) is 19.4 Å². The van der Waals surface area contributed by atoms with E-state index >= 15 is 0 Å². The third kappa shape index (κ3) is 5.58. The van der Waals surface area contributed by atoms with Gasteiger partial charge in [-0.3, -0.25) is 14.7 Å². The van der Waals surface area contributed by atoms with Crippen LogP contribution in [0.25, 0.3) is 0 Å². The number of hydrogen-bond acceptors (Lipinski definition) is 6. The second-order valence-corrected chi connectivity index (χ2v) is 7.78. The lowest BCUT2D eigenvalue weighted by Crippen LogP contribution is -2.34. The molecular formula is C13H22N4O6S. The Kier molecular flexibility index (Phi) is 7.32. The largest absolute Gasteiger partial charge is 0.483 e. The average Bonchev–Trinajstić information content (AvgIpc) is 3.10. The van der Waals surface area contributed by atoms with Gasteiger partial charge in [-0.2, -0.15) is 5.10 Å². The number of amides is 1. The van der Waals surface area contributed by atoms with Crippen molar-refractivity contribution in [2.45, 2.75) is 12.5 Å². The zero-order valence-corrected chi connectivity index (χ0v) is 14.3. The van der Waals surface area contributed by atoms with Crippen LogP contribution < -0.4 is 0 Å². The molecule has 10 nitrogen and oxygen atoms in total. The maximum absolute atomic E-state index is 12.1. The molecule has 24 heavy (non-hydrogen) atoms. The van der Waals surface area contributed by atoms with E-state index in [0.29, 0.717) is 5.69 Å². The maximum atomic E-state index is 12.1. The lowest BCUT2D eigenvalue weighted by atomic mass is 10.1. The topological polar surface area (TPSA) is 144 Å². The minimum absolute atomic E-state index is 0.150. The summed E-state index contributed by atoms with van der Waals surface area (Å²) in [6.07, 6.45) is 0.916. The van der Waals surface area contributed by atoms with Gasteiger partial charge in [-0.05, 0) is 6.07 Å². The van der Waals surface area contributed by atoms with Gasteiger partial charge >= 0.3 is 0 Å². The van der Waals surface area contributed by atoms with Crippen molar-refractivity contribution in [1.29, 1.82) is 0 Å². The van der Waals surface area contributed by atoms with Crippen molar-refractivity contribution in [3.8, 4) is 0 Å². The molecular weight excluding hydrogens is 340 g/mol. The number of sulfonamides is 1. The van der Waals surface area contributed by atoms with Gasteiger partial charge in [0, 0.05) is 45.0 Å². The monoisotopic (exact) mass is 362 g/mol. The number of hydrogen-bond donors (Lipinski definition) is 3. The molecule has 1 fully saturated rings. The quantitative estimate of drug-likeness (QED) is 0.533. The van der Waals surface area contributed by atoms with Crippen LogP contribution in [0.1, 0.15) is 5.69 Å². The van der Waals surface area contributed by atoms with Crippen molar-refractivity contribution in [2.75, 3.05) is 32.9 Å². The van der Waals surface area contributed by atoms with E-state index < -0.39 is 22.0 Å². The summed E-state index contributed by atoms with van der Waals surface area (Å²) in [7, 11) is -0.482.